The number of hydrogen-bond acceptors (Lipinski definition) is 6. The minimum Gasteiger partial charge on any atom is -0.492 e. The molecule has 0 radical (unpaired) electrons. The predicted molar refractivity (Wildman–Crippen MR) is 104 cm³/mol. The molecule has 0 aliphatic rings. The van der Waals surface area contributed by atoms with E-state index in [1.165, 1.54) is 24.3 Å². The van der Waals surface area contributed by atoms with Crippen molar-refractivity contribution in [3.63, 3.8) is 0 Å². The van der Waals surface area contributed by atoms with Crippen LogP contribution in [0, 0.1) is 10.1 Å². The Morgan fingerprint density at radius 2 is 1.82 bits per heavy atom. The van der Waals surface area contributed by atoms with E-state index in [2.05, 4.69) is 26.8 Å². The van der Waals surface area contributed by atoms with Gasteiger partial charge in [-0.15, -0.1) is 0 Å². The van der Waals surface area contributed by atoms with Gasteiger partial charge in [0.25, 0.3) is 17.5 Å². The number of nitro benzene ring substituents is 1. The molecule has 9 nitrogen and oxygen atoms in total. The van der Waals surface area contributed by atoms with E-state index in [1.807, 2.05) is 6.92 Å². The molecule has 0 unspecified atom stereocenters. The number of nitrogens with one attached hydrogen (secondary N) is 2. The van der Waals surface area contributed by atoms with E-state index >= 15 is 0 Å². The number of amides is 2. The fourth-order valence-corrected chi connectivity index (χ4v) is 2.51. The third-order valence-electron chi connectivity index (χ3n) is 3.39. The summed E-state index contributed by atoms with van der Waals surface area (Å²) in [5.41, 5.74) is 4.75. The number of nitro groups is 1. The zero-order valence-electron chi connectivity index (χ0n) is 14.9. The molecule has 0 aliphatic heterocycles. The summed E-state index contributed by atoms with van der Waals surface area (Å²) >= 11 is 3.34. The largest absolute Gasteiger partial charge is 0.492 e. The van der Waals surface area contributed by atoms with Gasteiger partial charge >= 0.3 is 0 Å². The molecular formula is C18H18BrN3O6. The molecule has 2 amide bonds. The lowest BCUT2D eigenvalue weighted by Gasteiger charge is -2.10. The molecule has 0 heterocycles. The van der Waals surface area contributed by atoms with E-state index in [0.29, 0.717) is 28.1 Å². The van der Waals surface area contributed by atoms with Crippen LogP contribution in [0.25, 0.3) is 0 Å². The Kier molecular flexibility index (Phi) is 7.76. The molecule has 0 saturated carbocycles. The van der Waals surface area contributed by atoms with Crippen molar-refractivity contribution < 1.29 is 24.0 Å². The summed E-state index contributed by atoms with van der Waals surface area (Å²) < 4.78 is 11.3. The minimum absolute atomic E-state index is 0.0821. The van der Waals surface area contributed by atoms with Crippen LogP contribution in [0.3, 0.4) is 0 Å². The zero-order valence-corrected chi connectivity index (χ0v) is 16.5. The molecule has 2 aromatic carbocycles. The van der Waals surface area contributed by atoms with Crippen LogP contribution < -0.4 is 20.3 Å². The summed E-state index contributed by atoms with van der Waals surface area (Å²) in [4.78, 5) is 33.9. The second-order valence-electron chi connectivity index (χ2n) is 5.54. The third-order valence-corrected chi connectivity index (χ3v) is 4.01. The number of carbonyl (C=O) groups excluding carboxylic acids is 2. The van der Waals surface area contributed by atoms with Gasteiger partial charge < -0.3 is 9.47 Å². The molecule has 10 heteroatoms. The van der Waals surface area contributed by atoms with Gasteiger partial charge in [-0.1, -0.05) is 6.92 Å². The standard InChI is InChI=1S/C18H18BrN3O6/c1-2-9-27-16-8-3-12(10-15(16)19)18(24)21-20-17(23)11-28-14-6-4-13(5-7-14)22(25)26/h3-8,10H,2,9,11H2,1H3,(H,20,23)(H,21,24). The van der Waals surface area contributed by atoms with Crippen molar-refractivity contribution in [2.45, 2.75) is 13.3 Å². The van der Waals surface area contributed by atoms with Gasteiger partial charge in [-0.3, -0.25) is 30.6 Å². The van der Waals surface area contributed by atoms with Crippen LogP contribution in [0.2, 0.25) is 0 Å². The fraction of sp³-hybridized carbons (Fsp3) is 0.222. The van der Waals surface area contributed by atoms with Crippen LogP contribution >= 0.6 is 15.9 Å². The van der Waals surface area contributed by atoms with Crippen LogP contribution in [0.5, 0.6) is 11.5 Å². The Morgan fingerprint density at radius 1 is 1.11 bits per heavy atom. The van der Waals surface area contributed by atoms with Crippen molar-refractivity contribution >= 4 is 33.4 Å². The first-order valence-corrected chi connectivity index (χ1v) is 9.08. The number of non-ortho nitro benzene ring substituents is 1. The molecule has 0 spiro atoms. The second-order valence-corrected chi connectivity index (χ2v) is 6.39. The average molecular weight is 452 g/mol. The fourth-order valence-electron chi connectivity index (χ4n) is 2.02. The van der Waals surface area contributed by atoms with Gasteiger partial charge in [-0.2, -0.15) is 0 Å². The summed E-state index contributed by atoms with van der Waals surface area (Å²) in [7, 11) is 0. The molecule has 2 N–H and O–H groups in total. The van der Waals surface area contributed by atoms with E-state index in [1.54, 1.807) is 18.2 Å². The minimum atomic E-state index is -0.589. The number of halogens is 1. The van der Waals surface area contributed by atoms with E-state index in [-0.39, 0.29) is 12.3 Å². The highest BCUT2D eigenvalue weighted by Crippen LogP contribution is 2.26. The average Bonchev–Trinajstić information content (AvgIpc) is 2.69. The van der Waals surface area contributed by atoms with Gasteiger partial charge in [0.1, 0.15) is 11.5 Å². The summed E-state index contributed by atoms with van der Waals surface area (Å²) in [6, 6.07) is 10.1. The lowest BCUT2D eigenvalue weighted by molar-refractivity contribution is -0.384. The summed E-state index contributed by atoms with van der Waals surface area (Å²) in [6.07, 6.45) is 0.864. The van der Waals surface area contributed by atoms with Crippen molar-refractivity contribution in [3.8, 4) is 11.5 Å². The molecular weight excluding hydrogens is 434 g/mol. The molecule has 0 aromatic heterocycles. The molecule has 28 heavy (non-hydrogen) atoms. The monoisotopic (exact) mass is 451 g/mol. The van der Waals surface area contributed by atoms with Gasteiger partial charge in [0.05, 0.1) is 16.0 Å². The SMILES string of the molecule is CCCOc1ccc(C(=O)NNC(=O)COc2ccc([N+](=O)[O-])cc2)cc1Br. The Balaban J connectivity index is 1.81. The maximum atomic E-state index is 12.1. The van der Waals surface area contributed by atoms with Crippen LogP contribution in [0.15, 0.2) is 46.9 Å². The maximum Gasteiger partial charge on any atom is 0.276 e. The number of carbonyl (C=O) groups is 2. The maximum absolute atomic E-state index is 12.1. The van der Waals surface area contributed by atoms with Crippen molar-refractivity contribution in [3.05, 3.63) is 62.6 Å². The topological polar surface area (TPSA) is 120 Å². The van der Waals surface area contributed by atoms with Gasteiger partial charge in [0.15, 0.2) is 6.61 Å². The molecule has 2 rings (SSSR count). The molecule has 0 bridgehead atoms. The van der Waals surface area contributed by atoms with E-state index < -0.39 is 16.7 Å². The molecule has 148 valence electrons. The zero-order chi connectivity index (χ0) is 20.5. The van der Waals surface area contributed by atoms with Crippen LogP contribution in [-0.2, 0) is 4.79 Å². The Hall–Kier alpha value is -3.14. The van der Waals surface area contributed by atoms with E-state index in [4.69, 9.17) is 9.47 Å². The van der Waals surface area contributed by atoms with Gasteiger partial charge in [0.2, 0.25) is 0 Å². The van der Waals surface area contributed by atoms with Crippen molar-refractivity contribution in [2.75, 3.05) is 13.2 Å². The summed E-state index contributed by atoms with van der Waals surface area (Å²) in [6.45, 7) is 2.18. The summed E-state index contributed by atoms with van der Waals surface area (Å²) in [5.74, 6) is -0.183. The molecule has 2 aromatic rings. The molecule has 0 aliphatic carbocycles. The number of nitrogens with zero attached hydrogens (tertiary/aromatic N) is 1. The highest BCUT2D eigenvalue weighted by atomic mass is 79.9. The molecule has 0 saturated heterocycles. The summed E-state index contributed by atoms with van der Waals surface area (Å²) in [5, 5.41) is 10.6. The van der Waals surface area contributed by atoms with Gasteiger partial charge in [-0.05, 0) is 52.7 Å². The Morgan fingerprint density at radius 3 is 2.43 bits per heavy atom. The van der Waals surface area contributed by atoms with E-state index in [9.17, 15) is 19.7 Å². The first-order valence-electron chi connectivity index (χ1n) is 8.29. The van der Waals surface area contributed by atoms with Crippen molar-refractivity contribution in [1.82, 2.24) is 10.9 Å². The number of ether oxygens (including phenoxy) is 2. The second kappa shape index (κ2) is 10.3. The molecule has 0 atom stereocenters. The van der Waals surface area contributed by atoms with Crippen molar-refractivity contribution in [1.29, 1.82) is 0 Å². The highest BCUT2D eigenvalue weighted by molar-refractivity contribution is 9.10. The Bertz CT molecular complexity index is 857. The Labute approximate surface area is 169 Å². The van der Waals surface area contributed by atoms with Crippen LogP contribution in [-0.4, -0.2) is 30.0 Å². The lowest BCUT2D eigenvalue weighted by Crippen LogP contribution is -2.43. The van der Waals surface area contributed by atoms with Gasteiger partial charge in [-0.25, -0.2) is 0 Å². The smallest absolute Gasteiger partial charge is 0.276 e. The van der Waals surface area contributed by atoms with Crippen molar-refractivity contribution in [2.24, 2.45) is 0 Å². The third kappa shape index (κ3) is 6.23. The number of hydrogen-bond donors (Lipinski definition) is 2. The van der Waals surface area contributed by atoms with Crippen LogP contribution in [0.1, 0.15) is 23.7 Å². The number of rotatable bonds is 8. The van der Waals surface area contributed by atoms with Gasteiger partial charge in [0, 0.05) is 17.7 Å². The van der Waals surface area contributed by atoms with E-state index in [0.717, 1.165) is 6.42 Å². The molecule has 0 fully saturated rings. The number of benzene rings is 2. The quantitative estimate of drug-likeness (QED) is 0.470. The number of hydrazine groups is 1. The normalized spacial score (nSPS) is 10.1. The lowest BCUT2D eigenvalue weighted by atomic mass is 10.2. The first kappa shape index (κ1) is 21.2. The van der Waals surface area contributed by atoms with Crippen LogP contribution in [0.4, 0.5) is 5.69 Å². The first-order chi connectivity index (χ1) is 13.4. The predicted octanol–water partition coefficient (Wildman–Crippen LogP) is 2.99. The highest BCUT2D eigenvalue weighted by Gasteiger charge is 2.11.